The molecule has 0 unspecified atom stereocenters. The summed E-state index contributed by atoms with van der Waals surface area (Å²) in [4.78, 5) is 22.9. The van der Waals surface area contributed by atoms with Gasteiger partial charge in [-0.25, -0.2) is 9.59 Å². The number of hydrogen-bond acceptors (Lipinski definition) is 4. The van der Waals surface area contributed by atoms with Gasteiger partial charge >= 0.3 is 12.1 Å². The number of aliphatic carboxylic acids is 1. The molecule has 0 saturated heterocycles. The van der Waals surface area contributed by atoms with Crippen molar-refractivity contribution in [1.82, 2.24) is 5.32 Å². The third kappa shape index (κ3) is 5.72. The summed E-state index contributed by atoms with van der Waals surface area (Å²) in [5, 5.41) is 21.3. The van der Waals surface area contributed by atoms with Gasteiger partial charge in [0.25, 0.3) is 0 Å². The van der Waals surface area contributed by atoms with Crippen molar-refractivity contribution in [1.29, 1.82) is 0 Å². The molecule has 1 aromatic rings. The highest BCUT2D eigenvalue weighted by molar-refractivity contribution is 5.80. The number of carbonyl (C=O) groups is 2. The molecule has 0 fully saturated rings. The quantitative estimate of drug-likeness (QED) is 0.791. The summed E-state index contributed by atoms with van der Waals surface area (Å²) < 4.78 is 5.03. The Morgan fingerprint density at radius 1 is 1.33 bits per heavy atom. The summed E-state index contributed by atoms with van der Waals surface area (Å²) >= 11 is 0. The maximum Gasteiger partial charge on any atom is 0.408 e. The van der Waals surface area contributed by atoms with Crippen LogP contribution in [-0.4, -0.2) is 33.9 Å². The number of carboxylic acid groups (broad SMARTS) is 1. The molecule has 6 heteroatoms. The van der Waals surface area contributed by atoms with E-state index in [0.29, 0.717) is 5.56 Å². The summed E-state index contributed by atoms with van der Waals surface area (Å²) in [5.41, 5.74) is 0.603. The summed E-state index contributed by atoms with van der Waals surface area (Å²) in [6.07, 6.45) is -0.831. The van der Waals surface area contributed by atoms with Crippen LogP contribution in [-0.2, 0) is 16.0 Å². The Bertz CT molecular complexity index is 533. The van der Waals surface area contributed by atoms with Crippen molar-refractivity contribution < 1.29 is 24.5 Å². The van der Waals surface area contributed by atoms with Crippen LogP contribution in [0.1, 0.15) is 31.9 Å². The highest BCUT2D eigenvalue weighted by Crippen LogP contribution is 2.20. The number of rotatable bonds is 4. The second-order valence-electron chi connectivity index (χ2n) is 5.87. The average Bonchev–Trinajstić information content (AvgIpc) is 2.28. The normalized spacial score (nSPS) is 12.6. The predicted octanol–water partition coefficient (Wildman–Crippen LogP) is 2.22. The van der Waals surface area contributed by atoms with E-state index in [-0.39, 0.29) is 12.2 Å². The maximum atomic E-state index is 11.6. The van der Waals surface area contributed by atoms with Gasteiger partial charge in [-0.1, -0.05) is 12.1 Å². The smallest absolute Gasteiger partial charge is 0.408 e. The zero-order chi connectivity index (χ0) is 16.2. The van der Waals surface area contributed by atoms with E-state index in [4.69, 9.17) is 4.74 Å². The number of aryl methyl sites for hydroxylation is 1. The number of phenolic OH excluding ortho intramolecular Hbond substituents is 1. The van der Waals surface area contributed by atoms with Crippen LogP contribution in [0.25, 0.3) is 0 Å². The Kier molecular flexibility index (Phi) is 5.18. The van der Waals surface area contributed by atoms with Gasteiger partial charge in [0.1, 0.15) is 17.4 Å². The minimum absolute atomic E-state index is 0.00670. The lowest BCUT2D eigenvalue weighted by Gasteiger charge is -2.22. The van der Waals surface area contributed by atoms with Crippen LogP contribution >= 0.6 is 0 Å². The maximum absolute atomic E-state index is 11.6. The Hall–Kier alpha value is -2.24. The second kappa shape index (κ2) is 6.47. The molecular weight excluding hydrogens is 274 g/mol. The molecule has 0 radical (unpaired) electrons. The number of hydrogen-bond donors (Lipinski definition) is 3. The second-order valence-corrected chi connectivity index (χ2v) is 5.87. The number of nitrogens with one attached hydrogen (secondary N) is 1. The summed E-state index contributed by atoms with van der Waals surface area (Å²) in [5.74, 6) is -1.19. The number of aromatic hydroxyl groups is 1. The fourth-order valence-electron chi connectivity index (χ4n) is 1.72. The molecule has 0 aliphatic rings. The summed E-state index contributed by atoms with van der Waals surface area (Å²) in [7, 11) is 0. The molecule has 0 bridgehead atoms. The zero-order valence-corrected chi connectivity index (χ0v) is 12.6. The Labute approximate surface area is 123 Å². The monoisotopic (exact) mass is 295 g/mol. The Morgan fingerprint density at radius 2 is 1.95 bits per heavy atom. The first-order valence-electron chi connectivity index (χ1n) is 6.59. The molecule has 21 heavy (non-hydrogen) atoms. The molecule has 0 aliphatic carbocycles. The van der Waals surface area contributed by atoms with Crippen LogP contribution in [0, 0.1) is 6.92 Å². The van der Waals surface area contributed by atoms with E-state index < -0.39 is 23.7 Å². The third-order valence-electron chi connectivity index (χ3n) is 2.65. The first-order valence-corrected chi connectivity index (χ1v) is 6.59. The Morgan fingerprint density at radius 3 is 2.43 bits per heavy atom. The molecular formula is C15H21NO5. The number of carbonyl (C=O) groups excluding carboxylic acids is 1. The molecule has 0 spiro atoms. The van der Waals surface area contributed by atoms with Gasteiger partial charge in [0.2, 0.25) is 0 Å². The molecule has 1 aromatic carbocycles. The van der Waals surface area contributed by atoms with Gasteiger partial charge < -0.3 is 20.3 Å². The van der Waals surface area contributed by atoms with E-state index in [9.17, 15) is 19.8 Å². The Balaban J connectivity index is 2.79. The van der Waals surface area contributed by atoms with Crippen molar-refractivity contribution in [2.75, 3.05) is 0 Å². The SMILES string of the molecule is Cc1ccc(C[C@@H](NC(=O)OC(C)(C)C)C(=O)O)c(O)c1. The fraction of sp³-hybridized carbons (Fsp3) is 0.467. The molecule has 1 amide bonds. The van der Waals surface area contributed by atoms with Crippen LogP contribution in [0.2, 0.25) is 0 Å². The van der Waals surface area contributed by atoms with Crippen LogP contribution < -0.4 is 5.32 Å². The van der Waals surface area contributed by atoms with Crippen LogP contribution in [0.15, 0.2) is 18.2 Å². The number of ether oxygens (including phenoxy) is 1. The first kappa shape index (κ1) is 16.8. The molecule has 0 heterocycles. The zero-order valence-electron chi connectivity index (χ0n) is 12.6. The molecule has 1 atom stereocenters. The minimum atomic E-state index is -1.19. The lowest BCUT2D eigenvalue weighted by atomic mass is 10.0. The van der Waals surface area contributed by atoms with E-state index in [2.05, 4.69) is 5.32 Å². The lowest BCUT2D eigenvalue weighted by Crippen LogP contribution is -2.44. The van der Waals surface area contributed by atoms with Gasteiger partial charge in [-0.2, -0.15) is 0 Å². The number of alkyl carbamates (subject to hydrolysis) is 1. The summed E-state index contributed by atoms with van der Waals surface area (Å²) in [6, 6.07) is 3.77. The molecule has 0 aromatic heterocycles. The van der Waals surface area contributed by atoms with E-state index in [1.54, 1.807) is 39.0 Å². The molecule has 0 aliphatic heterocycles. The predicted molar refractivity (Wildman–Crippen MR) is 77.3 cm³/mol. The third-order valence-corrected chi connectivity index (χ3v) is 2.65. The summed E-state index contributed by atoms with van der Waals surface area (Å²) in [6.45, 7) is 6.88. The highest BCUT2D eigenvalue weighted by atomic mass is 16.6. The molecule has 116 valence electrons. The van der Waals surface area contributed by atoms with Gasteiger partial charge in [0, 0.05) is 6.42 Å². The van der Waals surface area contributed by atoms with Crippen molar-refractivity contribution in [3.8, 4) is 5.75 Å². The van der Waals surface area contributed by atoms with Crippen molar-refractivity contribution in [3.63, 3.8) is 0 Å². The standard InChI is InChI=1S/C15H21NO5/c1-9-5-6-10(12(17)7-9)8-11(13(18)19)16-14(20)21-15(2,3)4/h5-7,11,17H,8H2,1-4H3,(H,16,20)(H,18,19)/t11-/m1/s1. The first-order chi connectivity index (χ1) is 9.58. The molecule has 0 saturated carbocycles. The van der Waals surface area contributed by atoms with E-state index >= 15 is 0 Å². The minimum Gasteiger partial charge on any atom is -0.508 e. The molecule has 6 nitrogen and oxygen atoms in total. The number of phenols is 1. The lowest BCUT2D eigenvalue weighted by molar-refractivity contribution is -0.139. The van der Waals surface area contributed by atoms with Crippen molar-refractivity contribution in [2.45, 2.75) is 45.8 Å². The number of amides is 1. The van der Waals surface area contributed by atoms with Gasteiger partial charge in [-0.3, -0.25) is 0 Å². The van der Waals surface area contributed by atoms with E-state index in [0.717, 1.165) is 5.56 Å². The average molecular weight is 295 g/mol. The van der Waals surface area contributed by atoms with Crippen LogP contribution in [0.5, 0.6) is 5.75 Å². The van der Waals surface area contributed by atoms with Gasteiger partial charge in [0.15, 0.2) is 0 Å². The van der Waals surface area contributed by atoms with Crippen LogP contribution in [0.3, 0.4) is 0 Å². The molecule has 1 rings (SSSR count). The fourth-order valence-corrected chi connectivity index (χ4v) is 1.72. The van der Waals surface area contributed by atoms with Gasteiger partial charge in [-0.05, 0) is 44.9 Å². The van der Waals surface area contributed by atoms with Gasteiger partial charge in [-0.15, -0.1) is 0 Å². The van der Waals surface area contributed by atoms with E-state index in [1.165, 1.54) is 0 Å². The highest BCUT2D eigenvalue weighted by Gasteiger charge is 2.25. The molecule has 3 N–H and O–H groups in total. The van der Waals surface area contributed by atoms with Crippen molar-refractivity contribution in [2.24, 2.45) is 0 Å². The number of carboxylic acids is 1. The largest absolute Gasteiger partial charge is 0.508 e. The van der Waals surface area contributed by atoms with Gasteiger partial charge in [0.05, 0.1) is 0 Å². The van der Waals surface area contributed by atoms with E-state index in [1.807, 2.05) is 6.92 Å². The number of benzene rings is 1. The topological polar surface area (TPSA) is 95.9 Å². The van der Waals surface area contributed by atoms with Crippen LogP contribution in [0.4, 0.5) is 4.79 Å². The van der Waals surface area contributed by atoms with Crippen molar-refractivity contribution >= 4 is 12.1 Å². The van der Waals surface area contributed by atoms with Crippen molar-refractivity contribution in [3.05, 3.63) is 29.3 Å².